The van der Waals surface area contributed by atoms with Gasteiger partial charge in [0.1, 0.15) is 0 Å². The molecule has 0 aromatic rings. The van der Waals surface area contributed by atoms with Gasteiger partial charge in [0.2, 0.25) is 0 Å². The van der Waals surface area contributed by atoms with Crippen LogP contribution in [0.15, 0.2) is 0 Å². The molecular weight excluding hydrogens is 253 g/mol. The van der Waals surface area contributed by atoms with E-state index in [1.807, 2.05) is 0 Å². The molecule has 0 radical (unpaired) electrons. The molecule has 0 aliphatic heterocycles. The molecule has 0 aliphatic carbocycles. The minimum atomic E-state index is -4.86. The van der Waals surface area contributed by atoms with Crippen molar-refractivity contribution in [2.24, 2.45) is 0 Å². The first kappa shape index (κ1) is 11.7. The first-order valence-corrected chi connectivity index (χ1v) is 8.89. The summed E-state index contributed by atoms with van der Waals surface area (Å²) < 4.78 is 25.8. The van der Waals surface area contributed by atoms with Crippen LogP contribution in [0.5, 0.6) is 0 Å². The second-order valence-electron chi connectivity index (χ2n) is 5.07. The second-order valence-corrected chi connectivity index (χ2v) is 16.9. The van der Waals surface area contributed by atoms with Crippen molar-refractivity contribution in [3.8, 4) is 0 Å². The summed E-state index contributed by atoms with van der Waals surface area (Å²) in [6.45, 7) is 9.97. The predicted molar refractivity (Wildman–Crippen MR) is 47.4 cm³/mol. The molecule has 0 aliphatic rings. The number of hydrogen-bond donors (Lipinski definition) is 0. The van der Waals surface area contributed by atoms with Gasteiger partial charge >= 0.3 is 73.7 Å². The Kier molecular flexibility index (Phi) is 3.03. The topological polar surface area (TPSA) is 0 Å². The summed E-state index contributed by atoms with van der Waals surface area (Å²) in [6.07, 6.45) is 0. The molecule has 0 saturated heterocycles. The predicted octanol–water partition coefficient (Wildman–Crippen LogP) is 3.97. The van der Waals surface area contributed by atoms with Gasteiger partial charge in [0, 0.05) is 0 Å². The second kappa shape index (κ2) is 2.86. The maximum absolute atomic E-state index is 13.6. The van der Waals surface area contributed by atoms with Crippen molar-refractivity contribution < 1.29 is 5.73 Å². The molecule has 0 bridgehead atoms. The van der Waals surface area contributed by atoms with Crippen LogP contribution in [0.3, 0.4) is 0 Å². The summed E-state index contributed by atoms with van der Waals surface area (Å²) in [6, 6.07) is 0. The molecule has 0 unspecified atom stereocenters. The van der Waals surface area contributed by atoms with E-state index in [0.717, 1.165) is 0 Å². The van der Waals surface area contributed by atoms with E-state index in [2.05, 4.69) is 0 Å². The van der Waals surface area contributed by atoms with Gasteiger partial charge in [0.15, 0.2) is 0 Å². The molecule has 0 nitrogen and oxygen atoms in total. The van der Waals surface area contributed by atoms with Crippen molar-refractivity contribution in [2.75, 3.05) is 0 Å². The fourth-order valence-electron chi connectivity index (χ4n) is 1.12. The summed E-state index contributed by atoms with van der Waals surface area (Å²) in [5.41, 5.74) is 0. The van der Waals surface area contributed by atoms with Crippen molar-refractivity contribution in [3.05, 3.63) is 0 Å². The Balaban J connectivity index is 4.75. The normalized spacial score (nSPS) is 15.3. The third-order valence-electron chi connectivity index (χ3n) is 1.88. The Morgan fingerprint density at radius 1 is 0.727 bits per heavy atom. The van der Waals surface area contributed by atoms with Crippen molar-refractivity contribution in [1.29, 1.82) is 0 Å². The summed E-state index contributed by atoms with van der Waals surface area (Å²) in [5, 5.41) is 0. The van der Waals surface area contributed by atoms with Crippen LogP contribution < -0.4 is 0 Å². The summed E-state index contributed by atoms with van der Waals surface area (Å²) in [7, 11) is 0. The van der Waals surface area contributed by atoms with Crippen LogP contribution >= 0.6 is 0 Å². The van der Waals surface area contributed by atoms with Crippen LogP contribution in [0.1, 0.15) is 41.5 Å². The van der Waals surface area contributed by atoms with Gasteiger partial charge in [-0.25, -0.2) is 0 Å². The SMILES string of the molecule is C[C](C)(C)[Sn]([F])([F])[C](C)(C)C. The van der Waals surface area contributed by atoms with Crippen molar-refractivity contribution in [2.45, 2.75) is 48.4 Å². The Labute approximate surface area is 73.8 Å². The van der Waals surface area contributed by atoms with Crippen LogP contribution in [0.2, 0.25) is 6.86 Å². The quantitative estimate of drug-likeness (QED) is 0.585. The Morgan fingerprint density at radius 3 is 0.909 bits per heavy atom. The molecule has 0 aromatic heterocycles. The molecule has 11 heavy (non-hydrogen) atoms. The van der Waals surface area contributed by atoms with E-state index in [1.165, 1.54) is 0 Å². The number of rotatable bonds is 0. The Bertz CT molecular complexity index is 123. The van der Waals surface area contributed by atoms with Gasteiger partial charge in [-0.1, -0.05) is 0 Å². The van der Waals surface area contributed by atoms with E-state index in [-0.39, 0.29) is 0 Å². The monoisotopic (exact) mass is 272 g/mol. The molecule has 0 heterocycles. The fraction of sp³-hybridized carbons (Fsp3) is 1.00. The minimum absolute atomic E-state index is 0.743. The zero-order valence-electron chi connectivity index (χ0n) is 8.26. The zero-order chi connectivity index (χ0) is 9.50. The standard InChI is InChI=1S/2C4H9.2FH.Sn/c2*1-4(2)3;;;/h2*1-3H3;2*1H;/q;;;;+2/p-2. The van der Waals surface area contributed by atoms with Gasteiger partial charge in [-0.15, -0.1) is 0 Å². The number of hydrogen-bond acceptors (Lipinski definition) is 0. The van der Waals surface area contributed by atoms with E-state index in [9.17, 15) is 5.73 Å². The van der Waals surface area contributed by atoms with E-state index in [1.54, 1.807) is 41.5 Å². The molecule has 0 atom stereocenters. The van der Waals surface area contributed by atoms with Crippen LogP contribution in [0, 0.1) is 0 Å². The molecule has 68 valence electrons. The van der Waals surface area contributed by atoms with Crippen molar-refractivity contribution in [1.82, 2.24) is 0 Å². The molecule has 0 rings (SSSR count). The molecule has 3 heteroatoms. The van der Waals surface area contributed by atoms with Gasteiger partial charge < -0.3 is 0 Å². The Morgan fingerprint density at radius 2 is 0.909 bits per heavy atom. The van der Waals surface area contributed by atoms with Gasteiger partial charge in [0.25, 0.3) is 0 Å². The summed E-state index contributed by atoms with van der Waals surface area (Å²) in [5.74, 6) is 0. The van der Waals surface area contributed by atoms with Gasteiger partial charge in [-0.3, -0.25) is 0 Å². The van der Waals surface area contributed by atoms with Crippen LogP contribution in [0.4, 0.5) is 5.73 Å². The molecule has 0 amide bonds. The van der Waals surface area contributed by atoms with Crippen LogP contribution in [-0.4, -0.2) is 19.5 Å². The first-order chi connectivity index (χ1) is 4.50. The zero-order valence-corrected chi connectivity index (χ0v) is 11.1. The third kappa shape index (κ3) is 2.30. The first-order valence-electron chi connectivity index (χ1n) is 3.88. The summed E-state index contributed by atoms with van der Waals surface area (Å²) >= 11 is -4.86. The third-order valence-corrected chi connectivity index (χ3v) is 12.6. The Hall–Kier alpha value is 0.659. The maximum atomic E-state index is 13.6. The van der Waals surface area contributed by atoms with Gasteiger partial charge in [0.05, 0.1) is 0 Å². The average Bonchev–Trinajstić information content (AvgIpc) is 1.58. The van der Waals surface area contributed by atoms with Crippen molar-refractivity contribution in [3.63, 3.8) is 0 Å². The van der Waals surface area contributed by atoms with Gasteiger partial charge in [-0.05, 0) is 0 Å². The molecule has 0 spiro atoms. The van der Waals surface area contributed by atoms with Crippen LogP contribution in [-0.2, 0) is 0 Å². The molecule has 0 saturated carbocycles. The molecular formula is C8H18F2Sn. The van der Waals surface area contributed by atoms with E-state index >= 15 is 0 Å². The fourth-order valence-corrected chi connectivity index (χ4v) is 7.55. The van der Waals surface area contributed by atoms with E-state index < -0.39 is 26.4 Å². The average molecular weight is 271 g/mol. The molecule has 0 fully saturated rings. The van der Waals surface area contributed by atoms with Crippen molar-refractivity contribution >= 4 is 19.5 Å². The number of halogens is 2. The van der Waals surface area contributed by atoms with Crippen LogP contribution in [0.25, 0.3) is 0 Å². The van der Waals surface area contributed by atoms with E-state index in [4.69, 9.17) is 0 Å². The summed E-state index contributed by atoms with van der Waals surface area (Å²) in [4.78, 5) is 0. The molecule has 0 N–H and O–H groups in total. The van der Waals surface area contributed by atoms with Gasteiger partial charge in [-0.2, -0.15) is 0 Å². The molecule has 0 aromatic carbocycles. The van der Waals surface area contributed by atoms with E-state index in [0.29, 0.717) is 0 Å².